The predicted octanol–water partition coefficient (Wildman–Crippen LogP) is 4.53. The first-order valence-electron chi connectivity index (χ1n) is 9.04. The SMILES string of the molecule is CC1CCC(C(=O)[C@H]2CCCC[C@H]2C(=O)OC(C)(C)C)CC1. The number of hydrogen-bond acceptors (Lipinski definition) is 3. The van der Waals surface area contributed by atoms with Crippen molar-refractivity contribution in [1.29, 1.82) is 0 Å². The van der Waals surface area contributed by atoms with Gasteiger partial charge in [-0.2, -0.15) is 0 Å². The van der Waals surface area contributed by atoms with Gasteiger partial charge in [-0.25, -0.2) is 0 Å². The summed E-state index contributed by atoms with van der Waals surface area (Å²) < 4.78 is 5.57. The van der Waals surface area contributed by atoms with Gasteiger partial charge in [-0.1, -0.05) is 32.6 Å². The molecular formula is C19H32O3. The molecule has 2 fully saturated rings. The lowest BCUT2D eigenvalue weighted by atomic mass is 9.70. The highest BCUT2D eigenvalue weighted by atomic mass is 16.6. The second-order valence-corrected chi connectivity index (χ2v) is 8.39. The van der Waals surface area contributed by atoms with Gasteiger partial charge in [0.15, 0.2) is 0 Å². The van der Waals surface area contributed by atoms with Crippen molar-refractivity contribution in [2.45, 2.75) is 84.7 Å². The first-order valence-corrected chi connectivity index (χ1v) is 9.04. The van der Waals surface area contributed by atoms with E-state index in [0.29, 0.717) is 5.78 Å². The zero-order valence-corrected chi connectivity index (χ0v) is 14.7. The largest absolute Gasteiger partial charge is 0.460 e. The summed E-state index contributed by atoms with van der Waals surface area (Å²) in [6, 6.07) is 0. The van der Waals surface area contributed by atoms with E-state index in [1.165, 1.54) is 0 Å². The van der Waals surface area contributed by atoms with Crippen molar-refractivity contribution in [2.75, 3.05) is 0 Å². The van der Waals surface area contributed by atoms with E-state index in [1.807, 2.05) is 20.8 Å². The quantitative estimate of drug-likeness (QED) is 0.719. The summed E-state index contributed by atoms with van der Waals surface area (Å²) in [5.41, 5.74) is -0.470. The van der Waals surface area contributed by atoms with E-state index < -0.39 is 5.60 Å². The van der Waals surface area contributed by atoms with Crippen molar-refractivity contribution in [2.24, 2.45) is 23.7 Å². The molecule has 0 aromatic rings. The van der Waals surface area contributed by atoms with Crippen LogP contribution in [0.4, 0.5) is 0 Å². The van der Waals surface area contributed by atoms with E-state index in [-0.39, 0.29) is 23.7 Å². The van der Waals surface area contributed by atoms with Crippen molar-refractivity contribution in [1.82, 2.24) is 0 Å². The van der Waals surface area contributed by atoms with Crippen LogP contribution in [0, 0.1) is 23.7 Å². The van der Waals surface area contributed by atoms with Crippen molar-refractivity contribution in [3.8, 4) is 0 Å². The summed E-state index contributed by atoms with van der Waals surface area (Å²) in [6.45, 7) is 7.96. The lowest BCUT2D eigenvalue weighted by molar-refractivity contribution is -0.165. The molecule has 126 valence electrons. The van der Waals surface area contributed by atoms with Crippen LogP contribution in [-0.4, -0.2) is 17.4 Å². The first kappa shape index (κ1) is 17.5. The second kappa shape index (κ2) is 7.14. The Balaban J connectivity index is 2.02. The molecule has 2 rings (SSSR count). The number of carbonyl (C=O) groups is 2. The Morgan fingerprint density at radius 3 is 1.95 bits per heavy atom. The molecule has 0 radical (unpaired) electrons. The van der Waals surface area contributed by atoms with Gasteiger partial charge >= 0.3 is 5.97 Å². The van der Waals surface area contributed by atoms with E-state index in [4.69, 9.17) is 4.74 Å². The maximum absolute atomic E-state index is 12.9. The molecule has 3 heteroatoms. The number of rotatable bonds is 3. The zero-order valence-electron chi connectivity index (χ0n) is 14.7. The molecule has 0 unspecified atom stereocenters. The van der Waals surface area contributed by atoms with Crippen molar-refractivity contribution in [3.05, 3.63) is 0 Å². The average Bonchev–Trinajstić information content (AvgIpc) is 2.45. The fourth-order valence-electron chi connectivity index (χ4n) is 3.98. The minimum atomic E-state index is -0.470. The molecule has 0 N–H and O–H groups in total. The standard InChI is InChI=1S/C19H32O3/c1-13-9-11-14(12-10-13)17(20)15-7-5-6-8-16(15)18(21)22-19(2,3)4/h13-16H,5-12H2,1-4H3/t13?,14?,15-,16+/m0/s1. The number of ether oxygens (including phenoxy) is 1. The Kier molecular flexibility index (Phi) is 5.68. The normalized spacial score (nSPS) is 33.3. The molecule has 0 heterocycles. The van der Waals surface area contributed by atoms with Crippen LogP contribution in [-0.2, 0) is 14.3 Å². The van der Waals surface area contributed by atoms with E-state index in [9.17, 15) is 9.59 Å². The fraction of sp³-hybridized carbons (Fsp3) is 0.895. The maximum atomic E-state index is 12.9. The summed E-state index contributed by atoms with van der Waals surface area (Å²) in [5, 5.41) is 0. The fourth-order valence-corrected chi connectivity index (χ4v) is 3.98. The van der Waals surface area contributed by atoms with Crippen LogP contribution in [0.2, 0.25) is 0 Å². The van der Waals surface area contributed by atoms with Crippen LogP contribution >= 0.6 is 0 Å². The van der Waals surface area contributed by atoms with Crippen molar-refractivity contribution in [3.63, 3.8) is 0 Å². The number of hydrogen-bond donors (Lipinski definition) is 0. The van der Waals surface area contributed by atoms with Crippen LogP contribution in [0.25, 0.3) is 0 Å². The van der Waals surface area contributed by atoms with Crippen molar-refractivity contribution >= 4 is 11.8 Å². The van der Waals surface area contributed by atoms with E-state index in [1.54, 1.807) is 0 Å². The van der Waals surface area contributed by atoms with Gasteiger partial charge in [0.2, 0.25) is 0 Å². The molecule has 0 amide bonds. The molecular weight excluding hydrogens is 276 g/mol. The first-order chi connectivity index (χ1) is 10.3. The molecule has 0 aromatic heterocycles. The molecule has 2 aliphatic rings. The summed E-state index contributed by atoms with van der Waals surface area (Å²) in [5.74, 6) is 0.820. The van der Waals surface area contributed by atoms with Crippen LogP contribution in [0.5, 0.6) is 0 Å². The lowest BCUT2D eigenvalue weighted by Crippen LogP contribution is -2.40. The Labute approximate surface area is 135 Å². The molecule has 0 aliphatic heterocycles. The van der Waals surface area contributed by atoms with Gasteiger partial charge in [0.1, 0.15) is 11.4 Å². The molecule has 0 aromatic carbocycles. The van der Waals surface area contributed by atoms with Crippen LogP contribution in [0.15, 0.2) is 0 Å². The minimum absolute atomic E-state index is 0.0954. The highest BCUT2D eigenvalue weighted by Crippen LogP contribution is 2.38. The van der Waals surface area contributed by atoms with Gasteiger partial charge in [0.05, 0.1) is 5.92 Å². The third-order valence-corrected chi connectivity index (χ3v) is 5.26. The Bertz CT molecular complexity index is 399. The summed E-state index contributed by atoms with van der Waals surface area (Å²) >= 11 is 0. The van der Waals surface area contributed by atoms with E-state index in [2.05, 4.69) is 6.92 Å². The molecule has 0 saturated heterocycles. The maximum Gasteiger partial charge on any atom is 0.310 e. The predicted molar refractivity (Wildman–Crippen MR) is 87.4 cm³/mol. The lowest BCUT2D eigenvalue weighted by Gasteiger charge is -2.35. The number of esters is 1. The highest BCUT2D eigenvalue weighted by Gasteiger charge is 2.40. The molecule has 0 bridgehead atoms. The van der Waals surface area contributed by atoms with Gasteiger partial charge in [0.25, 0.3) is 0 Å². The monoisotopic (exact) mass is 308 g/mol. The molecule has 0 spiro atoms. The van der Waals surface area contributed by atoms with Gasteiger partial charge in [-0.05, 0) is 52.4 Å². The summed E-state index contributed by atoms with van der Waals surface area (Å²) in [6.07, 6.45) is 8.12. The third-order valence-electron chi connectivity index (χ3n) is 5.26. The Morgan fingerprint density at radius 1 is 0.864 bits per heavy atom. The average molecular weight is 308 g/mol. The Morgan fingerprint density at radius 2 is 1.41 bits per heavy atom. The zero-order chi connectivity index (χ0) is 16.3. The topological polar surface area (TPSA) is 43.4 Å². The third kappa shape index (κ3) is 4.57. The van der Waals surface area contributed by atoms with Gasteiger partial charge in [-0.15, -0.1) is 0 Å². The smallest absolute Gasteiger partial charge is 0.310 e. The van der Waals surface area contributed by atoms with Crippen LogP contribution < -0.4 is 0 Å². The molecule has 2 saturated carbocycles. The van der Waals surface area contributed by atoms with Gasteiger partial charge in [-0.3, -0.25) is 9.59 Å². The molecule has 22 heavy (non-hydrogen) atoms. The molecule has 3 nitrogen and oxygen atoms in total. The highest BCUT2D eigenvalue weighted by molar-refractivity contribution is 5.88. The van der Waals surface area contributed by atoms with Crippen LogP contribution in [0.1, 0.15) is 79.1 Å². The second-order valence-electron chi connectivity index (χ2n) is 8.39. The van der Waals surface area contributed by atoms with Gasteiger partial charge in [0, 0.05) is 11.8 Å². The summed E-state index contributed by atoms with van der Waals surface area (Å²) in [4.78, 5) is 25.4. The number of ketones is 1. The van der Waals surface area contributed by atoms with Crippen LogP contribution in [0.3, 0.4) is 0 Å². The van der Waals surface area contributed by atoms with Gasteiger partial charge < -0.3 is 4.74 Å². The van der Waals surface area contributed by atoms with Crippen molar-refractivity contribution < 1.29 is 14.3 Å². The Hall–Kier alpha value is -0.860. The van der Waals surface area contributed by atoms with E-state index >= 15 is 0 Å². The van der Waals surface area contributed by atoms with E-state index in [0.717, 1.165) is 57.3 Å². The number of carbonyl (C=O) groups excluding carboxylic acids is 2. The molecule has 2 atom stereocenters. The summed E-state index contributed by atoms with van der Waals surface area (Å²) in [7, 11) is 0. The molecule has 2 aliphatic carbocycles. The number of Topliss-reactive ketones (excluding diaryl/α,β-unsaturated/α-hetero) is 1. The minimum Gasteiger partial charge on any atom is -0.460 e.